The van der Waals surface area contributed by atoms with Crippen LogP contribution in [0.15, 0.2) is 30.6 Å². The van der Waals surface area contributed by atoms with E-state index in [4.69, 9.17) is 4.74 Å². The van der Waals surface area contributed by atoms with Crippen molar-refractivity contribution in [1.82, 2.24) is 19.9 Å². The number of ether oxygens (including phenoxy) is 1. The van der Waals surface area contributed by atoms with Crippen LogP contribution in [0.3, 0.4) is 0 Å². The number of anilines is 2. The molecule has 8 nitrogen and oxygen atoms in total. The lowest BCUT2D eigenvalue weighted by molar-refractivity contribution is 0.122. The summed E-state index contributed by atoms with van der Waals surface area (Å²) >= 11 is 0. The molecule has 2 aromatic rings. The summed E-state index contributed by atoms with van der Waals surface area (Å²) in [5, 5.41) is 10.8. The van der Waals surface area contributed by atoms with E-state index >= 15 is 0 Å². The van der Waals surface area contributed by atoms with E-state index in [9.17, 15) is 9.18 Å². The number of amides is 2. The third kappa shape index (κ3) is 4.02. The third-order valence-corrected chi connectivity index (χ3v) is 5.06. The highest BCUT2D eigenvalue weighted by Crippen LogP contribution is 2.29. The van der Waals surface area contributed by atoms with E-state index in [0.717, 1.165) is 12.8 Å². The highest BCUT2D eigenvalue weighted by molar-refractivity contribution is 5.93. The summed E-state index contributed by atoms with van der Waals surface area (Å²) < 4.78 is 20.9. The molecular weight excluding hydrogens is 351 g/mol. The molecule has 0 saturated carbocycles. The van der Waals surface area contributed by atoms with Gasteiger partial charge in [-0.05, 0) is 31.0 Å². The quantitative estimate of drug-likeness (QED) is 0.885. The molecule has 1 N–H and O–H groups in total. The van der Waals surface area contributed by atoms with Gasteiger partial charge in [-0.2, -0.15) is 0 Å². The second-order valence-electron chi connectivity index (χ2n) is 6.81. The molecule has 1 aromatic carbocycles. The molecule has 2 amide bonds. The zero-order chi connectivity index (χ0) is 18.6. The monoisotopic (exact) mass is 374 g/mol. The van der Waals surface area contributed by atoms with E-state index in [1.807, 2.05) is 9.80 Å². The van der Waals surface area contributed by atoms with Crippen LogP contribution in [-0.4, -0.2) is 64.8 Å². The Morgan fingerprint density at radius 3 is 2.93 bits per heavy atom. The van der Waals surface area contributed by atoms with Crippen molar-refractivity contribution in [3.8, 4) is 0 Å². The summed E-state index contributed by atoms with van der Waals surface area (Å²) in [6.45, 7) is 3.84. The van der Waals surface area contributed by atoms with Crippen LogP contribution in [0.4, 0.5) is 20.6 Å². The van der Waals surface area contributed by atoms with Crippen LogP contribution in [0.5, 0.6) is 0 Å². The van der Waals surface area contributed by atoms with Crippen molar-refractivity contribution in [1.29, 1.82) is 0 Å². The first-order chi connectivity index (χ1) is 13.2. The topological polar surface area (TPSA) is 75.5 Å². The van der Waals surface area contributed by atoms with Crippen molar-refractivity contribution in [2.45, 2.75) is 25.4 Å². The number of aromatic nitrogens is 3. The van der Waals surface area contributed by atoms with Gasteiger partial charge in [0.2, 0.25) is 0 Å². The fraction of sp³-hybridized carbons (Fsp3) is 0.500. The maximum absolute atomic E-state index is 13.8. The minimum Gasteiger partial charge on any atom is -0.378 e. The fourth-order valence-electron chi connectivity index (χ4n) is 3.70. The normalized spacial score (nSPS) is 20.1. The van der Waals surface area contributed by atoms with Crippen molar-refractivity contribution >= 4 is 17.4 Å². The van der Waals surface area contributed by atoms with Gasteiger partial charge in [0.05, 0.1) is 43.4 Å². The highest BCUT2D eigenvalue weighted by atomic mass is 19.1. The Kier molecular flexibility index (Phi) is 5.19. The Labute approximate surface area is 156 Å². The molecule has 0 aliphatic carbocycles. The Hall–Kier alpha value is -2.68. The molecule has 2 fully saturated rings. The van der Waals surface area contributed by atoms with Gasteiger partial charge in [-0.15, -0.1) is 5.10 Å². The van der Waals surface area contributed by atoms with Crippen LogP contribution in [0.2, 0.25) is 0 Å². The third-order valence-electron chi connectivity index (χ3n) is 5.06. The molecule has 9 heteroatoms. The van der Waals surface area contributed by atoms with E-state index in [2.05, 4.69) is 15.6 Å². The molecule has 0 spiro atoms. The van der Waals surface area contributed by atoms with Crippen LogP contribution < -0.4 is 10.2 Å². The molecular formula is C18H23FN6O2. The lowest BCUT2D eigenvalue weighted by atomic mass is 10.2. The maximum atomic E-state index is 13.8. The molecule has 2 aliphatic rings. The van der Waals surface area contributed by atoms with Crippen LogP contribution in [0, 0.1) is 5.82 Å². The lowest BCUT2D eigenvalue weighted by Crippen LogP contribution is -2.41. The first kappa shape index (κ1) is 17.7. The molecule has 27 heavy (non-hydrogen) atoms. The number of likely N-dealkylation sites (tertiary alicyclic amines) is 1. The van der Waals surface area contributed by atoms with Crippen molar-refractivity contribution < 1.29 is 13.9 Å². The zero-order valence-corrected chi connectivity index (χ0v) is 15.1. The van der Waals surface area contributed by atoms with Gasteiger partial charge in [0.25, 0.3) is 0 Å². The predicted octanol–water partition coefficient (Wildman–Crippen LogP) is 1.95. The smallest absolute Gasteiger partial charge is 0.322 e. The lowest BCUT2D eigenvalue weighted by Gasteiger charge is -2.31. The number of rotatable bonds is 4. The number of carbonyl (C=O) groups is 1. The summed E-state index contributed by atoms with van der Waals surface area (Å²) in [5.41, 5.74) is 1.31. The van der Waals surface area contributed by atoms with E-state index in [-0.39, 0.29) is 17.9 Å². The van der Waals surface area contributed by atoms with Crippen LogP contribution in [-0.2, 0) is 11.3 Å². The Morgan fingerprint density at radius 1 is 1.30 bits per heavy atom. The van der Waals surface area contributed by atoms with Crippen molar-refractivity contribution in [3.05, 3.63) is 36.4 Å². The summed E-state index contributed by atoms with van der Waals surface area (Å²) in [6, 6.07) is 4.37. The minimum absolute atomic E-state index is 0.0685. The number of hydrogen-bond donors (Lipinski definition) is 1. The highest BCUT2D eigenvalue weighted by Gasteiger charge is 2.30. The van der Waals surface area contributed by atoms with Crippen molar-refractivity contribution in [2.24, 2.45) is 0 Å². The van der Waals surface area contributed by atoms with Gasteiger partial charge in [0.15, 0.2) is 0 Å². The van der Waals surface area contributed by atoms with E-state index < -0.39 is 0 Å². The number of benzene rings is 1. The van der Waals surface area contributed by atoms with Gasteiger partial charge < -0.3 is 19.9 Å². The second kappa shape index (κ2) is 7.91. The molecule has 0 radical (unpaired) electrons. The Balaban J connectivity index is 1.48. The van der Waals surface area contributed by atoms with Gasteiger partial charge in [-0.1, -0.05) is 5.21 Å². The molecule has 1 atom stereocenters. The molecule has 0 unspecified atom stereocenters. The van der Waals surface area contributed by atoms with Crippen LogP contribution in [0.1, 0.15) is 12.8 Å². The Bertz CT molecular complexity index is 778. The number of morpholine rings is 1. The number of halogens is 1. The zero-order valence-electron chi connectivity index (χ0n) is 15.1. The standard InChI is InChI=1S/C18H23FN6O2/c19-14-3-4-16(17(12-14)23-8-10-27-11-9-23)21-18(26)25-6-1-2-15(25)13-24-7-5-20-22-24/h3-5,7,12,15H,1-2,6,8-11,13H2,(H,21,26)/t15-/m0/s1. The average molecular weight is 374 g/mol. The summed E-state index contributed by atoms with van der Waals surface area (Å²) in [7, 11) is 0. The van der Waals surface area contributed by atoms with Gasteiger partial charge in [0, 0.05) is 25.8 Å². The number of nitrogens with zero attached hydrogens (tertiary/aromatic N) is 5. The van der Waals surface area contributed by atoms with E-state index in [1.165, 1.54) is 12.1 Å². The van der Waals surface area contributed by atoms with Gasteiger partial charge in [-0.25, -0.2) is 9.18 Å². The van der Waals surface area contributed by atoms with Crippen LogP contribution in [0.25, 0.3) is 0 Å². The number of nitrogens with one attached hydrogen (secondary N) is 1. The fourth-order valence-corrected chi connectivity index (χ4v) is 3.70. The van der Waals surface area contributed by atoms with Crippen molar-refractivity contribution in [3.63, 3.8) is 0 Å². The number of carbonyl (C=O) groups excluding carboxylic acids is 1. The predicted molar refractivity (Wildman–Crippen MR) is 98.2 cm³/mol. The summed E-state index contributed by atoms with van der Waals surface area (Å²) in [4.78, 5) is 16.8. The number of hydrogen-bond acceptors (Lipinski definition) is 5. The molecule has 4 rings (SSSR count). The first-order valence-corrected chi connectivity index (χ1v) is 9.25. The van der Waals surface area contributed by atoms with Gasteiger partial charge in [0.1, 0.15) is 5.82 Å². The molecule has 3 heterocycles. The van der Waals surface area contributed by atoms with Gasteiger partial charge in [-0.3, -0.25) is 4.68 Å². The largest absolute Gasteiger partial charge is 0.378 e. The summed E-state index contributed by atoms with van der Waals surface area (Å²) in [5.74, 6) is -0.320. The second-order valence-corrected chi connectivity index (χ2v) is 6.81. The molecule has 1 aromatic heterocycles. The first-order valence-electron chi connectivity index (χ1n) is 9.25. The molecule has 2 aliphatic heterocycles. The van der Waals surface area contributed by atoms with Gasteiger partial charge >= 0.3 is 6.03 Å². The molecule has 144 valence electrons. The molecule has 0 bridgehead atoms. The SMILES string of the molecule is O=C(Nc1ccc(F)cc1N1CCOCC1)N1CCC[C@H]1Cn1ccnn1. The molecule has 2 saturated heterocycles. The summed E-state index contributed by atoms with van der Waals surface area (Å²) in [6.07, 6.45) is 5.30. The van der Waals surface area contributed by atoms with Crippen molar-refractivity contribution in [2.75, 3.05) is 43.1 Å². The maximum Gasteiger partial charge on any atom is 0.322 e. The average Bonchev–Trinajstić information content (AvgIpc) is 3.36. The van der Waals surface area contributed by atoms with Crippen LogP contribution >= 0.6 is 0 Å². The van der Waals surface area contributed by atoms with E-state index in [0.29, 0.717) is 50.8 Å². The minimum atomic E-state index is -0.320. The van der Waals surface area contributed by atoms with E-state index in [1.54, 1.807) is 23.1 Å². The number of urea groups is 1. The Morgan fingerprint density at radius 2 is 2.15 bits per heavy atom.